The van der Waals surface area contributed by atoms with E-state index in [1.54, 1.807) is 0 Å². The van der Waals surface area contributed by atoms with Crippen molar-refractivity contribution in [2.45, 2.75) is 31.2 Å². The summed E-state index contributed by atoms with van der Waals surface area (Å²) in [5.41, 5.74) is 7.93. The lowest BCUT2D eigenvalue weighted by atomic mass is 9.60. The van der Waals surface area contributed by atoms with Gasteiger partial charge in [-0.05, 0) is 47.9 Å². The zero-order chi connectivity index (χ0) is 14.6. The number of ether oxygens (including phenoxy) is 1. The van der Waals surface area contributed by atoms with E-state index in [0.717, 1.165) is 17.3 Å². The third-order valence-corrected chi connectivity index (χ3v) is 5.67. The van der Waals surface area contributed by atoms with E-state index < -0.39 is 5.54 Å². The number of hydrogen-bond donors (Lipinski definition) is 1. The van der Waals surface area contributed by atoms with Gasteiger partial charge in [0.15, 0.2) is 0 Å². The van der Waals surface area contributed by atoms with Crippen LogP contribution in [0.5, 0.6) is 0 Å². The van der Waals surface area contributed by atoms with E-state index in [1.165, 1.54) is 11.1 Å². The first kappa shape index (κ1) is 13.3. The summed E-state index contributed by atoms with van der Waals surface area (Å²) in [4.78, 5) is 16.6. The highest BCUT2D eigenvalue weighted by Crippen LogP contribution is 2.52. The summed E-state index contributed by atoms with van der Waals surface area (Å²) in [5.74, 6) is 1.08. The molecule has 4 nitrogen and oxygen atoms in total. The minimum atomic E-state index is -0.396. The van der Waals surface area contributed by atoms with Gasteiger partial charge in [0.1, 0.15) is 17.9 Å². The van der Waals surface area contributed by atoms with Gasteiger partial charge in [0.25, 0.3) is 6.02 Å². The molecular weight excluding hydrogens is 332 g/mol. The number of halogens is 1. The second-order valence-corrected chi connectivity index (χ2v) is 7.23. The Morgan fingerprint density at radius 1 is 1.38 bits per heavy atom. The number of aliphatic imine (C=N–C) groups is 1. The van der Waals surface area contributed by atoms with E-state index in [-0.39, 0.29) is 6.02 Å². The number of carbonyl (C=O) groups is 1. The fourth-order valence-electron chi connectivity index (χ4n) is 4.32. The van der Waals surface area contributed by atoms with Gasteiger partial charge in [-0.3, -0.25) is 4.79 Å². The van der Waals surface area contributed by atoms with Crippen LogP contribution in [0.15, 0.2) is 27.7 Å². The van der Waals surface area contributed by atoms with Crippen molar-refractivity contribution in [1.29, 1.82) is 0 Å². The Morgan fingerprint density at radius 3 is 3.00 bits per heavy atom. The quantitative estimate of drug-likeness (QED) is 0.783. The topological polar surface area (TPSA) is 64.7 Å². The fourth-order valence-corrected chi connectivity index (χ4v) is 4.68. The lowest BCUT2D eigenvalue weighted by Crippen LogP contribution is -2.47. The Labute approximate surface area is 131 Å². The molecule has 110 valence electrons. The molecule has 1 saturated carbocycles. The van der Waals surface area contributed by atoms with Gasteiger partial charge in [0, 0.05) is 17.3 Å². The standard InChI is InChI=1S/C16H17BrN2O2/c17-11-2-1-9-5-10-6-12(20)3-4-13(10)16(14(9)7-11)8-21-15(18)19-16/h1-2,7,10,13H,3-6,8H2,(H2,18,19)/t10-,13-,16?/m1/s1. The van der Waals surface area contributed by atoms with E-state index in [9.17, 15) is 4.79 Å². The average molecular weight is 349 g/mol. The third kappa shape index (κ3) is 1.94. The van der Waals surface area contributed by atoms with Crippen LogP contribution in [0, 0.1) is 11.8 Å². The number of ketones is 1. The van der Waals surface area contributed by atoms with Crippen LogP contribution in [0.25, 0.3) is 0 Å². The molecule has 1 spiro atoms. The first-order valence-corrected chi connectivity index (χ1v) is 8.16. The van der Waals surface area contributed by atoms with Gasteiger partial charge in [-0.2, -0.15) is 0 Å². The molecule has 0 amide bonds. The molecule has 1 aromatic rings. The molecule has 1 aliphatic heterocycles. The molecule has 0 saturated heterocycles. The predicted molar refractivity (Wildman–Crippen MR) is 82.9 cm³/mol. The smallest absolute Gasteiger partial charge is 0.283 e. The van der Waals surface area contributed by atoms with Crippen LogP contribution in [-0.4, -0.2) is 18.4 Å². The highest BCUT2D eigenvalue weighted by Gasteiger charge is 2.53. The third-order valence-electron chi connectivity index (χ3n) is 5.18. The molecule has 2 aliphatic carbocycles. The van der Waals surface area contributed by atoms with Gasteiger partial charge in [-0.25, -0.2) is 4.99 Å². The second-order valence-electron chi connectivity index (χ2n) is 6.32. The first-order valence-electron chi connectivity index (χ1n) is 7.37. The zero-order valence-electron chi connectivity index (χ0n) is 11.6. The SMILES string of the molecule is NC1=NC2(CO1)c1cc(Br)ccc1C[C@@H]1CC(=O)CC[C@H]12. The minimum absolute atomic E-state index is 0.276. The second kappa shape index (κ2) is 4.57. The lowest BCUT2D eigenvalue weighted by molar-refractivity contribution is -0.123. The molecule has 0 radical (unpaired) electrons. The van der Waals surface area contributed by atoms with Gasteiger partial charge in [0.05, 0.1) is 0 Å². The van der Waals surface area contributed by atoms with Crippen LogP contribution in [0.2, 0.25) is 0 Å². The number of rotatable bonds is 0. The van der Waals surface area contributed by atoms with Crippen molar-refractivity contribution in [1.82, 2.24) is 0 Å². The normalized spacial score (nSPS) is 34.1. The highest BCUT2D eigenvalue weighted by atomic mass is 79.9. The van der Waals surface area contributed by atoms with Gasteiger partial charge < -0.3 is 10.5 Å². The summed E-state index contributed by atoms with van der Waals surface area (Å²) in [6, 6.07) is 6.62. The number of carbonyl (C=O) groups excluding carboxylic acids is 1. The number of fused-ring (bicyclic) bond motifs is 4. The summed E-state index contributed by atoms with van der Waals surface area (Å²) >= 11 is 3.56. The molecule has 1 aromatic carbocycles. The summed E-state index contributed by atoms with van der Waals surface area (Å²) in [7, 11) is 0. The Bertz CT molecular complexity index is 658. The molecule has 1 heterocycles. The lowest BCUT2D eigenvalue weighted by Gasteiger charge is -2.46. The Hall–Kier alpha value is -1.36. The molecule has 0 aromatic heterocycles. The fraction of sp³-hybridized carbons (Fsp3) is 0.500. The molecule has 3 aliphatic rings. The summed E-state index contributed by atoms with van der Waals surface area (Å²) < 4.78 is 6.59. The van der Waals surface area contributed by atoms with Crippen molar-refractivity contribution in [2.75, 3.05) is 6.61 Å². The summed E-state index contributed by atoms with van der Waals surface area (Å²) in [5, 5.41) is 0. The molecule has 1 unspecified atom stereocenters. The number of nitrogens with two attached hydrogens (primary N) is 1. The summed E-state index contributed by atoms with van der Waals surface area (Å²) in [6.45, 7) is 0.498. The molecule has 2 N–H and O–H groups in total. The van der Waals surface area contributed by atoms with Gasteiger partial charge in [-0.1, -0.05) is 22.0 Å². The highest BCUT2D eigenvalue weighted by molar-refractivity contribution is 9.10. The van der Waals surface area contributed by atoms with Crippen LogP contribution < -0.4 is 5.73 Å². The van der Waals surface area contributed by atoms with Crippen LogP contribution in [0.4, 0.5) is 0 Å². The Morgan fingerprint density at radius 2 is 2.24 bits per heavy atom. The number of amidine groups is 1. The van der Waals surface area contributed by atoms with E-state index in [1.807, 2.05) is 0 Å². The molecular formula is C16H17BrN2O2. The number of nitrogens with zero attached hydrogens (tertiary/aromatic N) is 1. The van der Waals surface area contributed by atoms with Gasteiger partial charge in [0.2, 0.25) is 0 Å². The van der Waals surface area contributed by atoms with Crippen LogP contribution >= 0.6 is 15.9 Å². The Kier molecular flexibility index (Phi) is 2.89. The largest absolute Gasteiger partial charge is 0.462 e. The van der Waals surface area contributed by atoms with E-state index in [4.69, 9.17) is 15.5 Å². The van der Waals surface area contributed by atoms with Gasteiger partial charge in [-0.15, -0.1) is 0 Å². The van der Waals surface area contributed by atoms with Crippen molar-refractivity contribution in [3.8, 4) is 0 Å². The van der Waals surface area contributed by atoms with E-state index in [2.05, 4.69) is 34.1 Å². The average Bonchev–Trinajstić information content (AvgIpc) is 2.83. The Balaban J connectivity index is 1.89. The maximum absolute atomic E-state index is 11.9. The van der Waals surface area contributed by atoms with Crippen molar-refractivity contribution in [3.63, 3.8) is 0 Å². The molecule has 21 heavy (non-hydrogen) atoms. The van der Waals surface area contributed by atoms with Crippen LogP contribution in [-0.2, 0) is 21.5 Å². The first-order chi connectivity index (χ1) is 10.1. The zero-order valence-corrected chi connectivity index (χ0v) is 13.2. The number of hydrogen-bond acceptors (Lipinski definition) is 4. The molecule has 1 fully saturated rings. The van der Waals surface area contributed by atoms with Crippen molar-refractivity contribution in [3.05, 3.63) is 33.8 Å². The maximum Gasteiger partial charge on any atom is 0.283 e. The number of benzene rings is 1. The predicted octanol–water partition coefficient (Wildman–Crippen LogP) is 2.53. The van der Waals surface area contributed by atoms with Crippen molar-refractivity contribution >= 4 is 27.7 Å². The van der Waals surface area contributed by atoms with Crippen LogP contribution in [0.3, 0.4) is 0 Å². The van der Waals surface area contributed by atoms with E-state index >= 15 is 0 Å². The monoisotopic (exact) mass is 348 g/mol. The van der Waals surface area contributed by atoms with Gasteiger partial charge >= 0.3 is 0 Å². The van der Waals surface area contributed by atoms with E-state index in [0.29, 0.717) is 37.1 Å². The molecule has 0 bridgehead atoms. The molecule has 5 heteroatoms. The van der Waals surface area contributed by atoms with Crippen molar-refractivity contribution in [2.24, 2.45) is 22.6 Å². The molecule has 3 atom stereocenters. The van der Waals surface area contributed by atoms with Crippen molar-refractivity contribution < 1.29 is 9.53 Å². The molecule has 4 rings (SSSR count). The van der Waals surface area contributed by atoms with Crippen LogP contribution in [0.1, 0.15) is 30.4 Å². The summed E-state index contributed by atoms with van der Waals surface area (Å²) in [6.07, 6.45) is 3.16. The minimum Gasteiger partial charge on any atom is -0.462 e. The number of Topliss-reactive ketones (excluding diaryl/α,β-unsaturated/α-hetero) is 1. The maximum atomic E-state index is 11.9.